The first-order chi connectivity index (χ1) is 23.5. The van der Waals surface area contributed by atoms with E-state index in [9.17, 15) is 10.2 Å². The van der Waals surface area contributed by atoms with Gasteiger partial charge in [0.05, 0.1) is 14.9 Å². The summed E-state index contributed by atoms with van der Waals surface area (Å²) in [4.78, 5) is 10.9. The zero-order valence-corrected chi connectivity index (χ0v) is 30.9. The molecule has 0 amide bonds. The molecule has 0 radical (unpaired) electrons. The topological polar surface area (TPSA) is 86.4 Å². The van der Waals surface area contributed by atoms with Gasteiger partial charge in [-0.05, 0) is 77.7 Å². The number of allylic oxidation sites excluding steroid dienone is 2. The number of thioether (sulfide) groups is 1. The number of anilines is 1. The molecule has 6 nitrogen and oxygen atoms in total. The molecule has 8 heteroatoms. The number of hydrogen-bond acceptors (Lipinski definition) is 7. The smallest absolute Gasteiger partial charge is 0.168 e. The normalized spacial score (nSPS) is 24.0. The molecule has 5 aliphatic heterocycles. The maximum Gasteiger partial charge on any atom is 0.168 e. The summed E-state index contributed by atoms with van der Waals surface area (Å²) in [5.74, 6) is 0.507. The average Bonchev–Trinajstić information content (AvgIpc) is 3.73. The Hall–Kier alpha value is -2.29. The summed E-state index contributed by atoms with van der Waals surface area (Å²) < 4.78 is 7.30. The van der Waals surface area contributed by atoms with Crippen molar-refractivity contribution in [3.05, 3.63) is 50.5 Å². The van der Waals surface area contributed by atoms with Crippen LogP contribution in [-0.4, -0.2) is 33.9 Å². The number of rotatable bonds is 18. The fourth-order valence-corrected chi connectivity index (χ4v) is 10.8. The zero-order chi connectivity index (χ0) is 33.1. The monoisotopic (exact) mass is 733 g/mol. The average molecular weight is 735 g/mol. The highest BCUT2D eigenvalue weighted by Gasteiger charge is 2.64. The van der Waals surface area contributed by atoms with Gasteiger partial charge in [-0.25, -0.2) is 4.99 Å². The Morgan fingerprint density at radius 3 is 2.38 bits per heavy atom. The molecule has 3 N–H and O–H groups in total. The predicted octanol–water partition coefficient (Wildman–Crippen LogP) is 10.4. The molecule has 0 spiro atoms. The first-order valence-corrected chi connectivity index (χ1v) is 20.4. The van der Waals surface area contributed by atoms with Crippen LogP contribution in [0.1, 0.15) is 146 Å². The summed E-state index contributed by atoms with van der Waals surface area (Å²) in [6, 6.07) is 3.98. The minimum absolute atomic E-state index is 0.0464. The number of unbranched alkanes of at least 4 members (excludes halogenated alkanes) is 14. The number of nitrogens with zero attached hydrogens (tertiary/aromatic N) is 2. The van der Waals surface area contributed by atoms with E-state index in [1.165, 1.54) is 107 Å². The SMILES string of the molecule is CCCCCC/C=C\CCCCCCCCCCCC[C@]12Sc3cc(O)c(Br)cc3[C@H]1[C@@H]1N=c3c(O)c4c5c(c3[C@H]2O1)NCCC=5C=N4. The third kappa shape index (κ3) is 6.51. The Morgan fingerprint density at radius 2 is 1.65 bits per heavy atom. The Morgan fingerprint density at radius 1 is 0.958 bits per heavy atom. The molecule has 48 heavy (non-hydrogen) atoms. The van der Waals surface area contributed by atoms with Gasteiger partial charge in [0.2, 0.25) is 0 Å². The van der Waals surface area contributed by atoms with E-state index in [4.69, 9.17) is 9.73 Å². The second-order valence-corrected chi connectivity index (χ2v) is 16.7. The van der Waals surface area contributed by atoms with Gasteiger partial charge in [0.25, 0.3) is 0 Å². The fraction of sp³-hybridized carbons (Fsp3) is 0.600. The highest BCUT2D eigenvalue weighted by atomic mass is 79.9. The van der Waals surface area contributed by atoms with Crippen LogP contribution in [-0.2, 0) is 4.74 Å². The van der Waals surface area contributed by atoms with E-state index in [1.807, 2.05) is 24.0 Å². The Balaban J connectivity index is 0.945. The molecule has 7 rings (SSSR count). The van der Waals surface area contributed by atoms with Crippen LogP contribution in [0.15, 0.2) is 43.6 Å². The molecule has 2 aromatic rings. The third-order valence-corrected chi connectivity index (χ3v) is 13.4. The van der Waals surface area contributed by atoms with Gasteiger partial charge in [0.1, 0.15) is 22.9 Å². The van der Waals surface area contributed by atoms with Crippen LogP contribution in [0.5, 0.6) is 11.5 Å². The van der Waals surface area contributed by atoms with Gasteiger partial charge in [-0.15, -0.1) is 11.8 Å². The number of phenolic OH excluding ortho intramolecular Hbond substituents is 2. The summed E-state index contributed by atoms with van der Waals surface area (Å²) in [7, 11) is 0. The summed E-state index contributed by atoms with van der Waals surface area (Å²) >= 11 is 5.44. The minimum Gasteiger partial charge on any atom is -0.507 e. The van der Waals surface area contributed by atoms with Crippen molar-refractivity contribution in [1.82, 2.24) is 0 Å². The maximum atomic E-state index is 11.5. The molecule has 0 aliphatic carbocycles. The van der Waals surface area contributed by atoms with Gasteiger partial charge >= 0.3 is 0 Å². The second kappa shape index (κ2) is 15.3. The molecule has 2 bridgehead atoms. The van der Waals surface area contributed by atoms with Crippen LogP contribution in [0.25, 0.3) is 5.57 Å². The van der Waals surface area contributed by atoms with E-state index in [-0.39, 0.29) is 34.5 Å². The number of aliphatic imine (C=N–C) groups is 1. The molecule has 0 unspecified atom stereocenters. The second-order valence-electron chi connectivity index (χ2n) is 14.5. The van der Waals surface area contributed by atoms with Crippen LogP contribution in [0.3, 0.4) is 0 Å². The number of nitrogens with one attached hydrogen (secondary N) is 1. The number of phenols is 2. The van der Waals surface area contributed by atoms with Crippen LogP contribution >= 0.6 is 27.7 Å². The van der Waals surface area contributed by atoms with E-state index >= 15 is 0 Å². The maximum absolute atomic E-state index is 11.5. The quantitative estimate of drug-likeness (QED) is 0.0807. The lowest BCUT2D eigenvalue weighted by atomic mass is 9.78. The van der Waals surface area contributed by atoms with Crippen molar-refractivity contribution in [1.29, 1.82) is 0 Å². The lowest BCUT2D eigenvalue weighted by Crippen LogP contribution is -2.36. The molecule has 1 saturated heterocycles. The van der Waals surface area contributed by atoms with Crippen molar-refractivity contribution >= 4 is 50.9 Å². The van der Waals surface area contributed by atoms with Gasteiger partial charge in [0.15, 0.2) is 12.0 Å². The van der Waals surface area contributed by atoms with Crippen LogP contribution in [0, 0.1) is 0 Å². The van der Waals surface area contributed by atoms with Crippen molar-refractivity contribution < 1.29 is 14.9 Å². The van der Waals surface area contributed by atoms with Crippen molar-refractivity contribution in [2.24, 2.45) is 9.98 Å². The standard InChI is InChI=1S/C40H52BrN3O3S/c1-2-3-4-5-6-7-8-9-10-11-12-13-14-15-16-17-18-19-21-40-33(27-23-28(41)29(45)24-30(27)48-40)39-44-36-32(38(40)47-39)34-31-26(20-22-42-34)25-43-35(31)37(36)46/h7-8,23-25,33,38-39,42,45-46H,2-6,9-22H2,1H3/b8-7-/t33-,38+,39+,40-/m0/s1. The number of benzene rings is 2. The molecule has 2 aromatic carbocycles. The van der Waals surface area contributed by atoms with Crippen molar-refractivity contribution in [3.63, 3.8) is 0 Å². The van der Waals surface area contributed by atoms with E-state index in [2.05, 4.69) is 51.4 Å². The molecule has 0 saturated carbocycles. The summed E-state index contributed by atoms with van der Waals surface area (Å²) in [6.45, 7) is 3.11. The third-order valence-electron chi connectivity index (χ3n) is 11.2. The summed E-state index contributed by atoms with van der Waals surface area (Å²) in [6.07, 6.45) is 29.0. The lowest BCUT2D eigenvalue weighted by molar-refractivity contribution is 0.0264. The van der Waals surface area contributed by atoms with Gasteiger partial charge in [-0.1, -0.05) is 96.1 Å². The fourth-order valence-electron chi connectivity index (χ4n) is 8.71. The Bertz CT molecular complexity index is 1690. The van der Waals surface area contributed by atoms with Crippen LogP contribution in [0.4, 0.5) is 11.4 Å². The van der Waals surface area contributed by atoms with Crippen molar-refractivity contribution in [2.45, 2.75) is 150 Å². The Kier molecular flexibility index (Phi) is 10.9. The summed E-state index contributed by atoms with van der Waals surface area (Å²) in [5.41, 5.74) is 5.05. The highest BCUT2D eigenvalue weighted by molar-refractivity contribution is 9.10. The number of halogens is 1. The van der Waals surface area contributed by atoms with E-state index < -0.39 is 0 Å². The van der Waals surface area contributed by atoms with Crippen molar-refractivity contribution in [3.8, 4) is 11.5 Å². The summed E-state index contributed by atoms with van der Waals surface area (Å²) in [5, 5.41) is 27.4. The number of ether oxygens (including phenoxy) is 1. The number of fused-ring (bicyclic) bond motifs is 10. The molecule has 258 valence electrons. The van der Waals surface area contributed by atoms with Crippen molar-refractivity contribution in [2.75, 3.05) is 11.9 Å². The highest BCUT2D eigenvalue weighted by Crippen LogP contribution is 2.69. The molecular weight excluding hydrogens is 682 g/mol. The molecule has 4 atom stereocenters. The molecule has 5 heterocycles. The first-order valence-electron chi connectivity index (χ1n) is 18.8. The van der Waals surface area contributed by atoms with Crippen LogP contribution < -0.4 is 15.9 Å². The van der Waals surface area contributed by atoms with Gasteiger partial charge in [-0.3, -0.25) is 4.99 Å². The van der Waals surface area contributed by atoms with Crippen LogP contribution in [0.2, 0.25) is 0 Å². The zero-order valence-electron chi connectivity index (χ0n) is 28.5. The Labute approximate surface area is 298 Å². The van der Waals surface area contributed by atoms with E-state index in [0.29, 0.717) is 15.5 Å². The molecule has 1 fully saturated rings. The first kappa shape index (κ1) is 34.2. The predicted molar refractivity (Wildman–Crippen MR) is 202 cm³/mol. The molecule has 0 aromatic heterocycles. The lowest BCUT2D eigenvalue weighted by Gasteiger charge is -2.34. The van der Waals surface area contributed by atoms with Gasteiger partial charge in [-0.2, -0.15) is 0 Å². The number of hydrogen-bond donors (Lipinski definition) is 3. The van der Waals surface area contributed by atoms with E-state index in [0.717, 1.165) is 47.2 Å². The largest absolute Gasteiger partial charge is 0.507 e. The molecular formula is C40H52BrN3O3S. The van der Waals surface area contributed by atoms with E-state index in [1.54, 1.807) is 0 Å². The number of aromatic hydroxyl groups is 2. The minimum atomic E-state index is -0.382. The van der Waals surface area contributed by atoms with Gasteiger partial charge < -0.3 is 20.3 Å². The molecule has 5 aliphatic rings. The van der Waals surface area contributed by atoms with Gasteiger partial charge in [0, 0.05) is 34.4 Å².